The van der Waals surface area contributed by atoms with Crippen molar-refractivity contribution in [2.75, 3.05) is 4.72 Å². The van der Waals surface area contributed by atoms with Crippen LogP contribution in [0.15, 0.2) is 73.1 Å². The summed E-state index contributed by atoms with van der Waals surface area (Å²) in [5, 5.41) is 0. The number of hydrogen-bond donors (Lipinski definition) is 1. The topological polar surface area (TPSA) is 63.5 Å². The lowest BCUT2D eigenvalue weighted by Crippen LogP contribution is -2.15. The highest BCUT2D eigenvalue weighted by Crippen LogP contribution is 2.23. The van der Waals surface area contributed by atoms with E-state index in [1.165, 1.54) is 18.2 Å². The molecule has 0 aliphatic heterocycles. The van der Waals surface area contributed by atoms with Gasteiger partial charge in [0.15, 0.2) is 0 Å². The van der Waals surface area contributed by atoms with Crippen LogP contribution < -0.4 is 4.72 Å². The van der Waals surface area contributed by atoms with Crippen molar-refractivity contribution in [1.82, 2.24) is 9.38 Å². The number of hydrogen-bond acceptors (Lipinski definition) is 3. The van der Waals surface area contributed by atoms with Gasteiger partial charge in [0.1, 0.15) is 11.5 Å². The van der Waals surface area contributed by atoms with Gasteiger partial charge in [0.25, 0.3) is 0 Å². The highest BCUT2D eigenvalue weighted by molar-refractivity contribution is 7.91. The summed E-state index contributed by atoms with van der Waals surface area (Å²) in [5.41, 5.74) is 4.20. The van der Waals surface area contributed by atoms with Gasteiger partial charge < -0.3 is 4.40 Å². The van der Waals surface area contributed by atoms with Crippen molar-refractivity contribution in [3.63, 3.8) is 0 Å². The van der Waals surface area contributed by atoms with Gasteiger partial charge in [0, 0.05) is 29.2 Å². The van der Waals surface area contributed by atoms with E-state index in [-0.39, 0.29) is 5.56 Å². The molecule has 0 aliphatic carbocycles. The Balaban J connectivity index is 1.53. The smallest absolute Gasteiger partial charge is 0.237 e. The number of sulfonamides is 1. The molecule has 0 unspecified atom stereocenters. The Morgan fingerprint density at radius 2 is 1.82 bits per heavy atom. The molecule has 1 N–H and O–H groups in total. The molecule has 0 atom stereocenters. The van der Waals surface area contributed by atoms with Crippen LogP contribution in [-0.4, -0.2) is 17.8 Å². The second-order valence-corrected chi connectivity index (χ2v) is 8.35. The summed E-state index contributed by atoms with van der Waals surface area (Å²) in [6.45, 7) is 2.01. The van der Waals surface area contributed by atoms with Crippen LogP contribution in [0.4, 0.5) is 10.1 Å². The number of anilines is 1. The van der Waals surface area contributed by atoms with Gasteiger partial charge in [-0.3, -0.25) is 4.72 Å². The second kappa shape index (κ2) is 7.09. The minimum atomic E-state index is -3.72. The zero-order valence-corrected chi connectivity index (χ0v) is 15.9. The molecule has 0 bridgehead atoms. The van der Waals surface area contributed by atoms with Crippen LogP contribution in [0.1, 0.15) is 11.1 Å². The summed E-state index contributed by atoms with van der Waals surface area (Å²) in [6, 6.07) is 16.8. The number of halogens is 1. The monoisotopic (exact) mass is 395 g/mol. The number of rotatable bonds is 5. The van der Waals surface area contributed by atoms with Crippen molar-refractivity contribution in [2.45, 2.75) is 12.7 Å². The van der Waals surface area contributed by atoms with E-state index in [2.05, 4.69) is 9.71 Å². The number of benzene rings is 2. The number of aryl methyl sites for hydroxylation is 1. The molecule has 0 spiro atoms. The third kappa shape index (κ3) is 3.89. The fraction of sp³-hybridized carbons (Fsp3) is 0.0952. The van der Waals surface area contributed by atoms with Gasteiger partial charge in [-0.25, -0.2) is 17.8 Å². The lowest BCUT2D eigenvalue weighted by Gasteiger charge is -2.09. The molecule has 5 nitrogen and oxygen atoms in total. The molecular weight excluding hydrogens is 377 g/mol. The number of nitrogens with one attached hydrogen (secondary N) is 1. The minimum absolute atomic E-state index is 0.131. The van der Waals surface area contributed by atoms with Gasteiger partial charge in [-0.05, 0) is 42.8 Å². The second-order valence-electron chi connectivity index (χ2n) is 6.63. The lowest BCUT2D eigenvalue weighted by atomic mass is 10.1. The third-order valence-electron chi connectivity index (χ3n) is 4.37. The first-order valence-corrected chi connectivity index (χ1v) is 10.3. The first-order valence-electron chi connectivity index (χ1n) is 8.69. The number of fused-ring (bicyclic) bond motifs is 1. The van der Waals surface area contributed by atoms with E-state index in [4.69, 9.17) is 0 Å². The third-order valence-corrected chi connectivity index (χ3v) is 5.61. The first-order chi connectivity index (χ1) is 13.4. The Labute approximate surface area is 162 Å². The molecule has 4 rings (SSSR count). The van der Waals surface area contributed by atoms with Crippen LogP contribution in [0.25, 0.3) is 16.9 Å². The van der Waals surface area contributed by atoms with Crippen LogP contribution in [0.3, 0.4) is 0 Å². The molecule has 0 saturated carbocycles. The maximum absolute atomic E-state index is 13.7. The molecule has 142 valence electrons. The van der Waals surface area contributed by atoms with Gasteiger partial charge in [-0.2, -0.15) is 0 Å². The number of pyridine rings is 1. The Kier molecular flexibility index (Phi) is 4.60. The Hall–Kier alpha value is -3.19. The Bertz CT molecular complexity index is 1250. The molecule has 0 aliphatic rings. The summed E-state index contributed by atoms with van der Waals surface area (Å²) in [4.78, 5) is 4.60. The fourth-order valence-electron chi connectivity index (χ4n) is 2.97. The zero-order chi connectivity index (χ0) is 19.7. The van der Waals surface area contributed by atoms with Gasteiger partial charge >= 0.3 is 0 Å². The van der Waals surface area contributed by atoms with Gasteiger partial charge in [0.05, 0.1) is 11.4 Å². The Morgan fingerprint density at radius 3 is 2.57 bits per heavy atom. The fourth-order valence-corrected chi connectivity index (χ4v) is 4.18. The molecule has 7 heteroatoms. The van der Waals surface area contributed by atoms with Crippen LogP contribution in [-0.2, 0) is 15.8 Å². The standard InChI is InChI=1S/C21H18FN3O2S/c1-15-10-11-25-13-20(23-21(25)12-15)16-6-8-18(9-7-16)24-28(26,27)14-17-4-2-3-5-19(17)22/h2-13,24H,14H2,1H3. The van der Waals surface area contributed by atoms with Crippen molar-refractivity contribution in [3.05, 3.63) is 90.0 Å². The molecule has 2 heterocycles. The van der Waals surface area contributed by atoms with Crippen molar-refractivity contribution >= 4 is 21.4 Å². The van der Waals surface area contributed by atoms with Gasteiger partial charge in [-0.15, -0.1) is 0 Å². The maximum atomic E-state index is 13.7. The average molecular weight is 395 g/mol. The first kappa shape index (κ1) is 18.2. The number of imidazole rings is 1. The molecule has 0 saturated heterocycles. The number of nitrogens with zero attached hydrogens (tertiary/aromatic N) is 2. The predicted molar refractivity (Wildman–Crippen MR) is 108 cm³/mol. The molecule has 2 aromatic carbocycles. The molecule has 0 fully saturated rings. The van der Waals surface area contributed by atoms with Crippen molar-refractivity contribution in [1.29, 1.82) is 0 Å². The zero-order valence-electron chi connectivity index (χ0n) is 15.1. The molecule has 0 radical (unpaired) electrons. The molecule has 28 heavy (non-hydrogen) atoms. The van der Waals surface area contributed by atoms with Crippen LogP contribution in [0, 0.1) is 12.7 Å². The predicted octanol–water partition coefficient (Wildman–Crippen LogP) is 4.39. The number of aromatic nitrogens is 2. The van der Waals surface area contributed by atoms with Crippen molar-refractivity contribution < 1.29 is 12.8 Å². The lowest BCUT2D eigenvalue weighted by molar-refractivity contribution is 0.591. The van der Waals surface area contributed by atoms with Crippen LogP contribution >= 0.6 is 0 Å². The normalized spacial score (nSPS) is 11.6. The van der Waals surface area contributed by atoms with E-state index < -0.39 is 21.6 Å². The SMILES string of the molecule is Cc1ccn2cc(-c3ccc(NS(=O)(=O)Cc4ccccc4F)cc3)nc2c1. The Morgan fingerprint density at radius 1 is 1.07 bits per heavy atom. The highest BCUT2D eigenvalue weighted by atomic mass is 32.2. The molecule has 4 aromatic rings. The van der Waals surface area contributed by atoms with Gasteiger partial charge in [0.2, 0.25) is 10.0 Å². The minimum Gasteiger partial charge on any atom is -0.306 e. The van der Waals surface area contributed by atoms with Gasteiger partial charge in [-0.1, -0.05) is 30.3 Å². The summed E-state index contributed by atoms with van der Waals surface area (Å²) < 4.78 is 42.8. The van der Waals surface area contributed by atoms with E-state index in [0.717, 1.165) is 22.5 Å². The summed E-state index contributed by atoms with van der Waals surface area (Å²) in [7, 11) is -3.72. The molecule has 2 aromatic heterocycles. The van der Waals surface area contributed by atoms with Crippen LogP contribution in [0.5, 0.6) is 0 Å². The molecule has 0 amide bonds. The molecular formula is C21H18FN3O2S. The summed E-state index contributed by atoms with van der Waals surface area (Å²) >= 11 is 0. The summed E-state index contributed by atoms with van der Waals surface area (Å²) in [6.07, 6.45) is 3.87. The van der Waals surface area contributed by atoms with E-state index in [9.17, 15) is 12.8 Å². The quantitative estimate of drug-likeness (QED) is 0.545. The van der Waals surface area contributed by atoms with E-state index in [0.29, 0.717) is 5.69 Å². The average Bonchev–Trinajstić information content (AvgIpc) is 3.07. The largest absolute Gasteiger partial charge is 0.306 e. The maximum Gasteiger partial charge on any atom is 0.237 e. The van der Waals surface area contributed by atoms with Crippen molar-refractivity contribution in [3.8, 4) is 11.3 Å². The van der Waals surface area contributed by atoms with E-state index in [1.807, 2.05) is 35.9 Å². The highest BCUT2D eigenvalue weighted by Gasteiger charge is 2.15. The van der Waals surface area contributed by atoms with Crippen LogP contribution in [0.2, 0.25) is 0 Å². The van der Waals surface area contributed by atoms with E-state index >= 15 is 0 Å². The summed E-state index contributed by atoms with van der Waals surface area (Å²) in [5.74, 6) is -0.960. The van der Waals surface area contributed by atoms with E-state index in [1.54, 1.807) is 30.3 Å². The van der Waals surface area contributed by atoms with Crippen molar-refractivity contribution in [2.24, 2.45) is 0 Å².